The SMILES string of the molecule is CC1CN(CC(=O)c2ccc3c(c2)CCO3)CCC1=O. The van der Waals surface area contributed by atoms with E-state index in [9.17, 15) is 9.59 Å². The lowest BCUT2D eigenvalue weighted by atomic mass is 9.98. The summed E-state index contributed by atoms with van der Waals surface area (Å²) in [5.41, 5.74) is 1.87. The second kappa shape index (κ2) is 5.37. The van der Waals surface area contributed by atoms with Gasteiger partial charge in [0.2, 0.25) is 0 Å². The average Bonchev–Trinajstić information content (AvgIpc) is 2.90. The molecule has 0 aliphatic carbocycles. The molecule has 0 bridgehead atoms. The maximum Gasteiger partial charge on any atom is 0.176 e. The van der Waals surface area contributed by atoms with Crippen LogP contribution in [-0.2, 0) is 11.2 Å². The molecule has 1 saturated heterocycles. The predicted molar refractivity (Wildman–Crippen MR) is 75.2 cm³/mol. The molecule has 1 aromatic rings. The van der Waals surface area contributed by atoms with Crippen LogP contribution in [0.3, 0.4) is 0 Å². The van der Waals surface area contributed by atoms with Crippen molar-refractivity contribution < 1.29 is 14.3 Å². The molecule has 0 radical (unpaired) electrons. The van der Waals surface area contributed by atoms with E-state index in [0.29, 0.717) is 38.4 Å². The van der Waals surface area contributed by atoms with Crippen molar-refractivity contribution in [1.29, 1.82) is 0 Å². The Balaban J connectivity index is 1.66. The van der Waals surface area contributed by atoms with Crippen LogP contribution in [0.25, 0.3) is 0 Å². The van der Waals surface area contributed by atoms with Gasteiger partial charge in [-0.15, -0.1) is 0 Å². The molecule has 0 spiro atoms. The van der Waals surface area contributed by atoms with Crippen LogP contribution >= 0.6 is 0 Å². The fraction of sp³-hybridized carbons (Fsp3) is 0.500. The normalized spacial score (nSPS) is 22.4. The fourth-order valence-electron chi connectivity index (χ4n) is 2.89. The predicted octanol–water partition coefficient (Wildman–Crippen LogP) is 1.72. The van der Waals surface area contributed by atoms with Crippen molar-refractivity contribution in [2.24, 2.45) is 5.92 Å². The standard InChI is InChI=1S/C16H19NO3/c1-11-9-17(6-4-14(11)18)10-15(19)12-2-3-16-13(8-12)5-7-20-16/h2-3,8,11H,4-7,9-10H2,1H3. The van der Waals surface area contributed by atoms with Crippen LogP contribution in [0.1, 0.15) is 29.3 Å². The van der Waals surface area contributed by atoms with E-state index in [2.05, 4.69) is 4.90 Å². The van der Waals surface area contributed by atoms with Gasteiger partial charge in [0.1, 0.15) is 11.5 Å². The van der Waals surface area contributed by atoms with Gasteiger partial charge in [-0.05, 0) is 23.8 Å². The summed E-state index contributed by atoms with van der Waals surface area (Å²) in [4.78, 5) is 25.9. The van der Waals surface area contributed by atoms with Crippen molar-refractivity contribution in [3.63, 3.8) is 0 Å². The zero-order chi connectivity index (χ0) is 14.1. The number of piperidine rings is 1. The maximum atomic E-state index is 12.3. The van der Waals surface area contributed by atoms with Crippen LogP contribution in [0, 0.1) is 5.92 Å². The first kappa shape index (κ1) is 13.3. The number of hydrogen-bond acceptors (Lipinski definition) is 4. The largest absolute Gasteiger partial charge is 0.493 e. The quantitative estimate of drug-likeness (QED) is 0.787. The van der Waals surface area contributed by atoms with Gasteiger partial charge in [-0.2, -0.15) is 0 Å². The number of carbonyl (C=O) groups excluding carboxylic acids is 2. The first-order chi connectivity index (χ1) is 9.63. The highest BCUT2D eigenvalue weighted by Gasteiger charge is 2.25. The first-order valence-electron chi connectivity index (χ1n) is 7.17. The van der Waals surface area contributed by atoms with Crippen LogP contribution < -0.4 is 4.74 Å². The molecule has 20 heavy (non-hydrogen) atoms. The minimum atomic E-state index is 0.0463. The highest BCUT2D eigenvalue weighted by molar-refractivity contribution is 5.98. The number of ketones is 2. The number of ether oxygens (including phenoxy) is 1. The van der Waals surface area contributed by atoms with Gasteiger partial charge in [-0.3, -0.25) is 14.5 Å². The Kier molecular flexibility index (Phi) is 3.57. The van der Waals surface area contributed by atoms with Crippen LogP contribution in [-0.4, -0.2) is 42.7 Å². The molecule has 3 rings (SSSR count). The van der Waals surface area contributed by atoms with E-state index in [-0.39, 0.29) is 11.7 Å². The number of rotatable bonds is 3. The van der Waals surface area contributed by atoms with E-state index in [1.807, 2.05) is 25.1 Å². The van der Waals surface area contributed by atoms with Crippen molar-refractivity contribution in [3.05, 3.63) is 29.3 Å². The Bertz CT molecular complexity index is 553. The van der Waals surface area contributed by atoms with Gasteiger partial charge in [-0.25, -0.2) is 0 Å². The molecule has 0 aromatic heterocycles. The molecule has 0 N–H and O–H groups in total. The van der Waals surface area contributed by atoms with E-state index in [1.54, 1.807) is 0 Å². The van der Waals surface area contributed by atoms with E-state index < -0.39 is 0 Å². The first-order valence-corrected chi connectivity index (χ1v) is 7.17. The second-order valence-corrected chi connectivity index (χ2v) is 5.70. The van der Waals surface area contributed by atoms with Gasteiger partial charge in [-0.1, -0.05) is 6.92 Å². The number of carbonyl (C=O) groups is 2. The topological polar surface area (TPSA) is 46.6 Å². The molecule has 106 valence electrons. The molecule has 1 atom stereocenters. The van der Waals surface area contributed by atoms with Gasteiger partial charge in [0.05, 0.1) is 13.2 Å². The third-order valence-corrected chi connectivity index (χ3v) is 4.13. The summed E-state index contributed by atoms with van der Waals surface area (Å²) >= 11 is 0. The fourth-order valence-corrected chi connectivity index (χ4v) is 2.89. The summed E-state index contributed by atoms with van der Waals surface area (Å²) in [6, 6.07) is 5.67. The summed E-state index contributed by atoms with van der Waals surface area (Å²) in [5.74, 6) is 1.38. The van der Waals surface area contributed by atoms with Crippen LogP contribution in [0.15, 0.2) is 18.2 Å². The minimum absolute atomic E-state index is 0.0463. The summed E-state index contributed by atoms with van der Waals surface area (Å²) in [6.45, 7) is 4.43. The van der Waals surface area contributed by atoms with Crippen molar-refractivity contribution in [3.8, 4) is 5.75 Å². The van der Waals surface area contributed by atoms with E-state index >= 15 is 0 Å². The average molecular weight is 273 g/mol. The van der Waals surface area contributed by atoms with E-state index in [0.717, 1.165) is 23.3 Å². The highest BCUT2D eigenvalue weighted by atomic mass is 16.5. The molecule has 1 unspecified atom stereocenters. The number of hydrogen-bond donors (Lipinski definition) is 0. The molecular formula is C16H19NO3. The lowest BCUT2D eigenvalue weighted by Gasteiger charge is -2.29. The third-order valence-electron chi connectivity index (χ3n) is 4.13. The number of benzene rings is 1. The molecule has 1 aromatic carbocycles. The smallest absolute Gasteiger partial charge is 0.176 e. The molecule has 2 aliphatic heterocycles. The molecule has 0 amide bonds. The molecular weight excluding hydrogens is 254 g/mol. The summed E-state index contributed by atoms with van der Waals surface area (Å²) in [5, 5.41) is 0. The number of Topliss-reactive ketones (excluding diaryl/α,β-unsaturated/α-hetero) is 2. The van der Waals surface area contributed by atoms with E-state index in [1.165, 1.54) is 0 Å². The van der Waals surface area contributed by atoms with E-state index in [4.69, 9.17) is 4.74 Å². The van der Waals surface area contributed by atoms with Crippen molar-refractivity contribution >= 4 is 11.6 Å². The Hall–Kier alpha value is -1.68. The molecule has 2 heterocycles. The molecule has 4 heteroatoms. The second-order valence-electron chi connectivity index (χ2n) is 5.70. The lowest BCUT2D eigenvalue weighted by molar-refractivity contribution is -0.125. The summed E-state index contributed by atoms with van der Waals surface area (Å²) < 4.78 is 5.45. The summed E-state index contributed by atoms with van der Waals surface area (Å²) in [7, 11) is 0. The number of nitrogens with zero attached hydrogens (tertiary/aromatic N) is 1. The van der Waals surface area contributed by atoms with Gasteiger partial charge in [0.25, 0.3) is 0 Å². The lowest BCUT2D eigenvalue weighted by Crippen LogP contribution is -2.42. The Labute approximate surface area is 118 Å². The van der Waals surface area contributed by atoms with Gasteiger partial charge in [0, 0.05) is 37.4 Å². The van der Waals surface area contributed by atoms with Gasteiger partial charge in [0.15, 0.2) is 5.78 Å². The van der Waals surface area contributed by atoms with Gasteiger partial charge >= 0.3 is 0 Å². The Morgan fingerprint density at radius 2 is 2.25 bits per heavy atom. The van der Waals surface area contributed by atoms with Gasteiger partial charge < -0.3 is 4.74 Å². The van der Waals surface area contributed by atoms with Crippen LogP contribution in [0.5, 0.6) is 5.75 Å². The van der Waals surface area contributed by atoms with Crippen molar-refractivity contribution in [1.82, 2.24) is 4.90 Å². The van der Waals surface area contributed by atoms with Crippen molar-refractivity contribution in [2.75, 3.05) is 26.2 Å². The number of likely N-dealkylation sites (tertiary alicyclic amines) is 1. The third kappa shape index (κ3) is 2.61. The van der Waals surface area contributed by atoms with Crippen molar-refractivity contribution in [2.45, 2.75) is 19.8 Å². The van der Waals surface area contributed by atoms with Crippen LogP contribution in [0.2, 0.25) is 0 Å². The monoisotopic (exact) mass is 273 g/mol. The number of fused-ring (bicyclic) bond motifs is 1. The maximum absolute atomic E-state index is 12.3. The minimum Gasteiger partial charge on any atom is -0.493 e. The zero-order valence-corrected chi connectivity index (χ0v) is 11.7. The molecule has 0 saturated carbocycles. The Morgan fingerprint density at radius 1 is 1.40 bits per heavy atom. The highest BCUT2D eigenvalue weighted by Crippen LogP contribution is 2.26. The zero-order valence-electron chi connectivity index (χ0n) is 11.7. The van der Waals surface area contributed by atoms with Crippen LogP contribution in [0.4, 0.5) is 0 Å². The summed E-state index contributed by atoms with van der Waals surface area (Å²) in [6.07, 6.45) is 1.44. The molecule has 1 fully saturated rings. The molecule has 2 aliphatic rings. The Morgan fingerprint density at radius 3 is 3.05 bits per heavy atom. The molecule has 4 nitrogen and oxygen atoms in total.